The Labute approximate surface area is 218 Å². The van der Waals surface area contributed by atoms with Gasteiger partial charge in [0.1, 0.15) is 17.1 Å². The number of nitrogens with two attached hydrogens (primary N) is 1. The largest absolute Gasteiger partial charge is 0.497 e. The average Bonchev–Trinajstić information content (AvgIpc) is 2.92. The molecule has 11 nitrogen and oxygen atoms in total. The fourth-order valence-electron chi connectivity index (χ4n) is 3.80. The summed E-state index contributed by atoms with van der Waals surface area (Å²) >= 11 is 0. The minimum Gasteiger partial charge on any atom is -0.497 e. The Bertz CT molecular complexity index is 1460. The molecule has 1 amide bonds. The first kappa shape index (κ1) is 27.9. The van der Waals surface area contributed by atoms with E-state index in [0.29, 0.717) is 12.8 Å². The minimum atomic E-state index is -0.873. The van der Waals surface area contributed by atoms with Crippen molar-refractivity contribution >= 4 is 29.2 Å². The molecule has 0 bridgehead atoms. The van der Waals surface area contributed by atoms with Gasteiger partial charge in [0.15, 0.2) is 6.61 Å². The number of hydrogen-bond donors (Lipinski definition) is 2. The van der Waals surface area contributed by atoms with E-state index in [0.717, 1.165) is 20.4 Å². The zero-order valence-corrected chi connectivity index (χ0v) is 21.5. The summed E-state index contributed by atoms with van der Waals surface area (Å²) in [7, 11) is 2.82. The first-order chi connectivity index (χ1) is 18.2. The average molecular weight is 523 g/mol. The highest BCUT2D eigenvalue weighted by Gasteiger charge is 2.23. The minimum absolute atomic E-state index is 0.0370. The lowest BCUT2D eigenvalue weighted by Crippen LogP contribution is -2.43. The third-order valence-corrected chi connectivity index (χ3v) is 5.86. The smallest absolute Gasteiger partial charge is 0.340 e. The Morgan fingerprint density at radius 3 is 2.37 bits per heavy atom. The summed E-state index contributed by atoms with van der Waals surface area (Å²) in [6.07, 6.45) is 1.20. The Hall–Kier alpha value is -4.67. The molecule has 0 saturated heterocycles. The normalized spacial score (nSPS) is 10.6. The molecule has 0 atom stereocenters. The molecule has 0 aliphatic carbocycles. The first-order valence-corrected chi connectivity index (χ1v) is 12.0. The van der Waals surface area contributed by atoms with E-state index in [1.807, 2.05) is 31.2 Å². The summed E-state index contributed by atoms with van der Waals surface area (Å²) in [5.41, 5.74) is 5.23. The Kier molecular flexibility index (Phi) is 9.20. The van der Waals surface area contributed by atoms with Crippen molar-refractivity contribution in [2.75, 3.05) is 24.8 Å². The summed E-state index contributed by atoms with van der Waals surface area (Å²) in [6.45, 7) is 1.25. The molecule has 0 saturated carbocycles. The van der Waals surface area contributed by atoms with Crippen LogP contribution in [-0.4, -0.2) is 40.5 Å². The second-order valence-corrected chi connectivity index (χ2v) is 8.50. The van der Waals surface area contributed by atoms with Crippen LogP contribution in [0.4, 0.5) is 11.5 Å². The quantitative estimate of drug-likeness (QED) is 0.287. The second kappa shape index (κ2) is 12.5. The molecule has 0 radical (unpaired) electrons. The SMILES string of the molecule is CCCn1c(N)c(C(=O)COC(=O)c2ccccc2NC(=O)CCc2ccc(OC)cc2)c(=O)n(C)c1=O. The Balaban J connectivity index is 1.68. The summed E-state index contributed by atoms with van der Waals surface area (Å²) in [5.74, 6) is -1.59. The highest BCUT2D eigenvalue weighted by Crippen LogP contribution is 2.18. The number of para-hydroxylation sites is 1. The molecule has 3 aromatic rings. The van der Waals surface area contributed by atoms with Crippen LogP contribution in [0.1, 0.15) is 46.0 Å². The lowest BCUT2D eigenvalue weighted by Gasteiger charge is -2.14. The van der Waals surface area contributed by atoms with E-state index in [1.54, 1.807) is 19.2 Å². The number of ether oxygens (including phenoxy) is 2. The van der Waals surface area contributed by atoms with E-state index in [2.05, 4.69) is 5.32 Å². The number of anilines is 2. The molecule has 0 spiro atoms. The molecule has 200 valence electrons. The zero-order chi connectivity index (χ0) is 27.8. The predicted molar refractivity (Wildman–Crippen MR) is 142 cm³/mol. The van der Waals surface area contributed by atoms with E-state index in [9.17, 15) is 24.0 Å². The highest BCUT2D eigenvalue weighted by atomic mass is 16.5. The lowest BCUT2D eigenvalue weighted by molar-refractivity contribution is -0.116. The molecule has 3 N–H and O–H groups in total. The number of ketones is 1. The number of nitrogens with zero attached hydrogens (tertiary/aromatic N) is 2. The van der Waals surface area contributed by atoms with Gasteiger partial charge in [-0.05, 0) is 42.7 Å². The van der Waals surface area contributed by atoms with E-state index >= 15 is 0 Å². The van der Waals surface area contributed by atoms with Crippen LogP contribution in [0.5, 0.6) is 5.75 Å². The molecular weight excluding hydrogens is 492 g/mol. The van der Waals surface area contributed by atoms with Gasteiger partial charge in [0.25, 0.3) is 5.56 Å². The number of hydrogen-bond acceptors (Lipinski definition) is 8. The van der Waals surface area contributed by atoms with Crippen LogP contribution >= 0.6 is 0 Å². The number of methoxy groups -OCH3 is 1. The first-order valence-electron chi connectivity index (χ1n) is 12.0. The van der Waals surface area contributed by atoms with Crippen LogP contribution in [-0.2, 0) is 29.5 Å². The number of benzene rings is 2. The molecule has 1 aromatic heterocycles. The molecule has 0 unspecified atom stereocenters. The summed E-state index contributed by atoms with van der Waals surface area (Å²) in [5, 5.41) is 2.70. The van der Waals surface area contributed by atoms with Gasteiger partial charge in [-0.1, -0.05) is 31.2 Å². The van der Waals surface area contributed by atoms with E-state index in [1.165, 1.54) is 19.2 Å². The molecule has 1 heterocycles. The fraction of sp³-hybridized carbons (Fsp3) is 0.296. The highest BCUT2D eigenvalue weighted by molar-refractivity contribution is 6.04. The van der Waals surface area contributed by atoms with E-state index in [4.69, 9.17) is 15.2 Å². The van der Waals surface area contributed by atoms with Crippen LogP contribution in [0.3, 0.4) is 0 Å². The third-order valence-electron chi connectivity index (χ3n) is 5.86. The molecule has 0 aliphatic heterocycles. The van der Waals surface area contributed by atoms with Gasteiger partial charge in [-0.2, -0.15) is 0 Å². The maximum atomic E-state index is 12.8. The van der Waals surface area contributed by atoms with Crippen molar-refractivity contribution in [3.63, 3.8) is 0 Å². The second-order valence-electron chi connectivity index (χ2n) is 8.50. The number of nitrogen functional groups attached to an aromatic ring is 1. The Morgan fingerprint density at radius 2 is 1.71 bits per heavy atom. The number of nitrogens with one attached hydrogen (secondary N) is 1. The molecule has 3 rings (SSSR count). The van der Waals surface area contributed by atoms with Gasteiger partial charge in [-0.15, -0.1) is 0 Å². The van der Waals surface area contributed by atoms with Gasteiger partial charge in [-0.25, -0.2) is 9.59 Å². The number of aromatic nitrogens is 2. The van der Waals surface area contributed by atoms with Crippen molar-refractivity contribution in [3.05, 3.63) is 86.1 Å². The van der Waals surface area contributed by atoms with Crippen molar-refractivity contribution in [1.82, 2.24) is 9.13 Å². The standard InChI is InChI=1S/C27H30N4O7/c1-4-15-31-24(28)23(25(34)30(2)27(31)36)21(32)16-38-26(35)19-7-5-6-8-20(19)29-22(33)14-11-17-9-12-18(37-3)13-10-17/h5-10,12-13H,4,11,14-16,28H2,1-3H3,(H,29,33). The van der Waals surface area contributed by atoms with Crippen LogP contribution in [0.15, 0.2) is 58.1 Å². The fourth-order valence-corrected chi connectivity index (χ4v) is 3.80. The van der Waals surface area contributed by atoms with Crippen molar-refractivity contribution in [1.29, 1.82) is 0 Å². The van der Waals surface area contributed by atoms with Crippen molar-refractivity contribution < 1.29 is 23.9 Å². The maximum absolute atomic E-state index is 12.8. The van der Waals surface area contributed by atoms with Gasteiger partial charge in [0, 0.05) is 20.0 Å². The van der Waals surface area contributed by atoms with Crippen molar-refractivity contribution in [3.8, 4) is 5.75 Å². The van der Waals surface area contributed by atoms with Gasteiger partial charge in [0.05, 0.1) is 18.4 Å². The van der Waals surface area contributed by atoms with Crippen LogP contribution < -0.4 is 27.0 Å². The monoisotopic (exact) mass is 522 g/mol. The maximum Gasteiger partial charge on any atom is 0.340 e. The topological polar surface area (TPSA) is 152 Å². The third kappa shape index (κ3) is 6.36. The van der Waals surface area contributed by atoms with Gasteiger partial charge < -0.3 is 20.5 Å². The van der Waals surface area contributed by atoms with Gasteiger partial charge >= 0.3 is 11.7 Å². The van der Waals surface area contributed by atoms with Crippen LogP contribution in [0, 0.1) is 0 Å². The van der Waals surface area contributed by atoms with Crippen molar-refractivity contribution in [2.45, 2.75) is 32.7 Å². The predicted octanol–water partition coefficient (Wildman–Crippen LogP) is 2.16. The van der Waals surface area contributed by atoms with Crippen LogP contribution in [0.2, 0.25) is 0 Å². The molecule has 38 heavy (non-hydrogen) atoms. The van der Waals surface area contributed by atoms with E-state index < -0.39 is 35.2 Å². The van der Waals surface area contributed by atoms with Crippen LogP contribution in [0.25, 0.3) is 0 Å². The zero-order valence-electron chi connectivity index (χ0n) is 21.5. The van der Waals surface area contributed by atoms with Gasteiger partial charge in [-0.3, -0.25) is 23.5 Å². The number of carbonyl (C=O) groups is 3. The molecule has 0 fully saturated rings. The van der Waals surface area contributed by atoms with E-state index in [-0.39, 0.29) is 35.9 Å². The van der Waals surface area contributed by atoms with Gasteiger partial charge in [0.2, 0.25) is 11.7 Å². The number of rotatable bonds is 11. The number of amides is 1. The number of Topliss-reactive ketones (excluding diaryl/α,β-unsaturated/α-hetero) is 1. The molecular formula is C27H30N4O7. The summed E-state index contributed by atoms with van der Waals surface area (Å²) in [6, 6.07) is 13.6. The molecule has 0 aliphatic rings. The lowest BCUT2D eigenvalue weighted by atomic mass is 10.1. The van der Waals surface area contributed by atoms with Crippen molar-refractivity contribution in [2.24, 2.45) is 7.05 Å². The summed E-state index contributed by atoms with van der Waals surface area (Å²) in [4.78, 5) is 63.0. The Morgan fingerprint density at radius 1 is 1.03 bits per heavy atom. The number of carbonyl (C=O) groups excluding carboxylic acids is 3. The molecule has 2 aromatic carbocycles. The number of esters is 1. The molecule has 11 heteroatoms. The number of aryl methyl sites for hydroxylation is 1. The summed E-state index contributed by atoms with van der Waals surface area (Å²) < 4.78 is 12.2.